The molecule has 0 aliphatic carbocycles. The lowest BCUT2D eigenvalue weighted by atomic mass is 10.1. The molecular weight excluding hydrogens is 364 g/mol. The van der Waals surface area contributed by atoms with Gasteiger partial charge in [0, 0.05) is 16.8 Å². The molecule has 0 saturated carbocycles. The fourth-order valence-corrected chi connectivity index (χ4v) is 4.25. The van der Waals surface area contributed by atoms with Crippen LogP contribution in [0.1, 0.15) is 17.7 Å². The van der Waals surface area contributed by atoms with Gasteiger partial charge in [-0.25, -0.2) is 8.42 Å². The Labute approximate surface area is 142 Å². The first-order valence-corrected chi connectivity index (χ1v) is 9.47. The third-order valence-electron chi connectivity index (χ3n) is 3.17. The zero-order valence-electron chi connectivity index (χ0n) is 11.9. The predicted molar refractivity (Wildman–Crippen MR) is 87.7 cm³/mol. The van der Waals surface area contributed by atoms with Crippen LogP contribution in [0.15, 0.2) is 17.5 Å². The second kappa shape index (κ2) is 7.43. The molecule has 0 radical (unpaired) electrons. The number of hydrogen-bond acceptors (Lipinski definition) is 5. The van der Waals surface area contributed by atoms with Crippen LogP contribution < -0.4 is 4.72 Å². The van der Waals surface area contributed by atoms with Crippen molar-refractivity contribution in [2.75, 3.05) is 13.1 Å². The summed E-state index contributed by atoms with van der Waals surface area (Å²) in [5.74, 6) is -1.65. The standard InChI is InChI=1S/C13H15ClN2O5S2/c14-11-4-3-9(22-11)5-7-23(20,21)15-10-2-1-6-16(13(10)19)8-12(17)18/h3-5,7,10,15H,1-2,6,8H2,(H,17,18)/b7-5+. The zero-order valence-corrected chi connectivity index (χ0v) is 14.3. The summed E-state index contributed by atoms with van der Waals surface area (Å²) < 4.78 is 26.9. The van der Waals surface area contributed by atoms with E-state index in [0.29, 0.717) is 28.6 Å². The molecule has 1 unspecified atom stereocenters. The molecule has 1 aromatic rings. The largest absolute Gasteiger partial charge is 0.480 e. The molecule has 1 atom stereocenters. The minimum Gasteiger partial charge on any atom is -0.480 e. The van der Waals surface area contributed by atoms with E-state index in [-0.39, 0.29) is 0 Å². The smallest absolute Gasteiger partial charge is 0.323 e. The monoisotopic (exact) mass is 378 g/mol. The maximum atomic E-state index is 12.1. The molecule has 10 heteroatoms. The fraction of sp³-hybridized carbons (Fsp3) is 0.385. The van der Waals surface area contributed by atoms with Crippen molar-refractivity contribution in [3.63, 3.8) is 0 Å². The van der Waals surface area contributed by atoms with Crippen molar-refractivity contribution < 1.29 is 23.1 Å². The average Bonchev–Trinajstić information content (AvgIpc) is 2.86. The predicted octanol–water partition coefficient (Wildman–Crippen LogP) is 1.37. The van der Waals surface area contributed by atoms with Gasteiger partial charge < -0.3 is 10.0 Å². The number of thiophene rings is 1. The van der Waals surface area contributed by atoms with E-state index >= 15 is 0 Å². The van der Waals surface area contributed by atoms with E-state index in [1.165, 1.54) is 17.4 Å². The third-order valence-corrected chi connectivity index (χ3v) is 5.47. The topological polar surface area (TPSA) is 104 Å². The molecule has 1 fully saturated rings. The number of amides is 1. The number of rotatable bonds is 6. The van der Waals surface area contributed by atoms with E-state index in [4.69, 9.17) is 16.7 Å². The number of halogens is 1. The van der Waals surface area contributed by atoms with Gasteiger partial charge in [0.2, 0.25) is 15.9 Å². The summed E-state index contributed by atoms with van der Waals surface area (Å²) >= 11 is 6.99. The first-order chi connectivity index (χ1) is 10.8. The second-order valence-electron chi connectivity index (χ2n) is 4.96. The van der Waals surface area contributed by atoms with Gasteiger partial charge >= 0.3 is 5.97 Å². The number of carbonyl (C=O) groups excluding carboxylic acids is 1. The molecule has 1 aliphatic rings. The molecule has 23 heavy (non-hydrogen) atoms. The molecule has 0 aromatic carbocycles. The van der Waals surface area contributed by atoms with Crippen LogP contribution >= 0.6 is 22.9 Å². The highest BCUT2D eigenvalue weighted by atomic mass is 35.5. The molecule has 0 spiro atoms. The first kappa shape index (κ1) is 17.9. The van der Waals surface area contributed by atoms with Crippen molar-refractivity contribution in [2.45, 2.75) is 18.9 Å². The van der Waals surface area contributed by atoms with Gasteiger partial charge in [0.25, 0.3) is 0 Å². The summed E-state index contributed by atoms with van der Waals surface area (Å²) in [5.41, 5.74) is 0. The van der Waals surface area contributed by atoms with Crippen molar-refractivity contribution in [2.24, 2.45) is 0 Å². The lowest BCUT2D eigenvalue weighted by Gasteiger charge is -2.31. The molecule has 2 heterocycles. The van der Waals surface area contributed by atoms with Gasteiger partial charge in [0.05, 0.1) is 4.34 Å². The van der Waals surface area contributed by atoms with Gasteiger partial charge in [-0.05, 0) is 31.1 Å². The van der Waals surface area contributed by atoms with Crippen molar-refractivity contribution in [3.8, 4) is 0 Å². The van der Waals surface area contributed by atoms with E-state index in [1.54, 1.807) is 12.1 Å². The van der Waals surface area contributed by atoms with E-state index in [0.717, 1.165) is 10.3 Å². The number of carboxylic acid groups (broad SMARTS) is 1. The maximum Gasteiger partial charge on any atom is 0.323 e. The highest BCUT2D eigenvalue weighted by molar-refractivity contribution is 7.92. The lowest BCUT2D eigenvalue weighted by molar-refractivity contribution is -0.146. The van der Waals surface area contributed by atoms with Crippen molar-refractivity contribution >= 4 is 50.9 Å². The third kappa shape index (κ3) is 5.31. The highest BCUT2D eigenvalue weighted by Crippen LogP contribution is 2.22. The molecular formula is C13H15ClN2O5S2. The Morgan fingerprint density at radius 1 is 1.52 bits per heavy atom. The van der Waals surface area contributed by atoms with E-state index in [2.05, 4.69) is 4.72 Å². The quantitative estimate of drug-likeness (QED) is 0.778. The van der Waals surface area contributed by atoms with Crippen LogP contribution in [0, 0.1) is 0 Å². The molecule has 1 saturated heterocycles. The number of hydrogen-bond donors (Lipinski definition) is 2. The molecule has 2 rings (SSSR count). The molecule has 2 N–H and O–H groups in total. The molecule has 0 bridgehead atoms. The summed E-state index contributed by atoms with van der Waals surface area (Å²) in [6, 6.07) is 2.39. The van der Waals surface area contributed by atoms with Gasteiger partial charge in [-0.3, -0.25) is 9.59 Å². The maximum absolute atomic E-state index is 12.1. The van der Waals surface area contributed by atoms with Crippen LogP contribution in [0.2, 0.25) is 4.34 Å². The lowest BCUT2D eigenvalue weighted by Crippen LogP contribution is -2.53. The summed E-state index contributed by atoms with van der Waals surface area (Å²) in [6.45, 7) is -0.118. The Morgan fingerprint density at radius 3 is 2.87 bits per heavy atom. The first-order valence-electron chi connectivity index (χ1n) is 6.73. The van der Waals surface area contributed by atoms with Gasteiger partial charge in [-0.2, -0.15) is 4.72 Å². The summed E-state index contributed by atoms with van der Waals surface area (Å²) in [6.07, 6.45) is 2.27. The van der Waals surface area contributed by atoms with Gasteiger partial charge in [-0.15, -0.1) is 11.3 Å². The number of aliphatic carboxylic acids is 1. The highest BCUT2D eigenvalue weighted by Gasteiger charge is 2.32. The van der Waals surface area contributed by atoms with Crippen molar-refractivity contribution in [1.82, 2.24) is 9.62 Å². The minimum absolute atomic E-state index is 0.312. The van der Waals surface area contributed by atoms with E-state index in [9.17, 15) is 18.0 Å². The number of nitrogens with one attached hydrogen (secondary N) is 1. The number of likely N-dealkylation sites (tertiary alicyclic amines) is 1. The summed E-state index contributed by atoms with van der Waals surface area (Å²) in [4.78, 5) is 24.6. The Morgan fingerprint density at radius 2 is 2.26 bits per heavy atom. The van der Waals surface area contributed by atoms with Crippen LogP contribution in [0.4, 0.5) is 0 Å². The number of carboxylic acids is 1. The molecule has 7 nitrogen and oxygen atoms in total. The van der Waals surface area contributed by atoms with Crippen LogP contribution in [-0.2, 0) is 19.6 Å². The Bertz CT molecular complexity index is 728. The SMILES string of the molecule is O=C(O)CN1CCCC(NS(=O)(=O)/C=C/c2ccc(Cl)s2)C1=O. The van der Waals surface area contributed by atoms with Gasteiger partial charge in [0.15, 0.2) is 0 Å². The zero-order chi connectivity index (χ0) is 17.0. The van der Waals surface area contributed by atoms with Crippen molar-refractivity contribution in [3.05, 3.63) is 26.8 Å². The van der Waals surface area contributed by atoms with E-state index < -0.39 is 34.5 Å². The van der Waals surface area contributed by atoms with E-state index in [1.807, 2.05) is 0 Å². The molecule has 1 aliphatic heterocycles. The number of nitrogens with zero attached hydrogens (tertiary/aromatic N) is 1. The van der Waals surface area contributed by atoms with Crippen LogP contribution in [-0.4, -0.2) is 49.4 Å². The number of carbonyl (C=O) groups is 2. The Balaban J connectivity index is 2.02. The average molecular weight is 379 g/mol. The number of sulfonamides is 1. The summed E-state index contributed by atoms with van der Waals surface area (Å²) in [5, 5.41) is 9.73. The Kier molecular flexibility index (Phi) is 5.79. The van der Waals surface area contributed by atoms with Crippen LogP contribution in [0.3, 0.4) is 0 Å². The van der Waals surface area contributed by atoms with Gasteiger partial charge in [0.1, 0.15) is 12.6 Å². The minimum atomic E-state index is -3.82. The fourth-order valence-electron chi connectivity index (χ4n) is 2.18. The molecule has 1 amide bonds. The van der Waals surface area contributed by atoms with Crippen LogP contribution in [0.5, 0.6) is 0 Å². The second-order valence-corrected chi connectivity index (χ2v) is 8.30. The molecule has 1 aromatic heterocycles. The molecule has 126 valence electrons. The van der Waals surface area contributed by atoms with Crippen LogP contribution in [0.25, 0.3) is 6.08 Å². The summed E-state index contributed by atoms with van der Waals surface area (Å²) in [7, 11) is -3.82. The van der Waals surface area contributed by atoms with Gasteiger partial charge in [-0.1, -0.05) is 11.6 Å². The normalized spacial score (nSPS) is 19.4. The Hall–Kier alpha value is -1.42. The van der Waals surface area contributed by atoms with Crippen molar-refractivity contribution in [1.29, 1.82) is 0 Å². The number of piperidine rings is 1.